The predicted molar refractivity (Wildman–Crippen MR) is 52.7 cm³/mol. The fourth-order valence-electron chi connectivity index (χ4n) is 0.992. The van der Waals surface area contributed by atoms with E-state index in [0.29, 0.717) is 12.1 Å². The zero-order valence-electron chi connectivity index (χ0n) is 7.76. The summed E-state index contributed by atoms with van der Waals surface area (Å²) in [7, 11) is 0. The van der Waals surface area contributed by atoms with E-state index in [9.17, 15) is 18.4 Å². The molecule has 0 saturated heterocycles. The van der Waals surface area contributed by atoms with Crippen molar-refractivity contribution < 1.29 is 23.5 Å². The van der Waals surface area contributed by atoms with Crippen LogP contribution in [0.4, 0.5) is 14.5 Å². The first-order valence-corrected chi connectivity index (χ1v) is 4.57. The van der Waals surface area contributed by atoms with E-state index < -0.39 is 40.6 Å². The Balaban J connectivity index is 3.14. The number of carboxylic acid groups (broad SMARTS) is 1. The maximum absolute atomic E-state index is 13.1. The van der Waals surface area contributed by atoms with Gasteiger partial charge >= 0.3 is 5.97 Å². The third-order valence-electron chi connectivity index (χ3n) is 1.68. The molecule has 7 heteroatoms. The number of anilines is 1. The largest absolute Gasteiger partial charge is 0.478 e. The second kappa shape index (κ2) is 4.89. The highest BCUT2D eigenvalue weighted by molar-refractivity contribution is 6.29. The molecule has 16 heavy (non-hydrogen) atoms. The second-order valence-corrected chi connectivity index (χ2v) is 3.07. The van der Waals surface area contributed by atoms with Crippen LogP contribution >= 0.6 is 11.6 Å². The molecule has 0 unspecified atom stereocenters. The number of carbonyl (C=O) groups excluding carboxylic acids is 1. The third-order valence-corrected chi connectivity index (χ3v) is 1.93. The average Bonchev–Trinajstić information content (AvgIpc) is 2.21. The van der Waals surface area contributed by atoms with Crippen molar-refractivity contribution in [3.05, 3.63) is 29.3 Å². The quantitative estimate of drug-likeness (QED) is 0.804. The minimum atomic E-state index is -1.56. The average molecular weight is 250 g/mol. The topological polar surface area (TPSA) is 66.4 Å². The summed E-state index contributed by atoms with van der Waals surface area (Å²) < 4.78 is 26.0. The number of benzene rings is 1. The first-order valence-electron chi connectivity index (χ1n) is 4.04. The Kier molecular flexibility index (Phi) is 3.78. The summed E-state index contributed by atoms with van der Waals surface area (Å²) in [5, 5.41) is 10.6. The van der Waals surface area contributed by atoms with Crippen LogP contribution in [0.1, 0.15) is 10.4 Å². The van der Waals surface area contributed by atoms with Crippen LogP contribution in [0.15, 0.2) is 12.1 Å². The molecule has 0 aliphatic rings. The lowest BCUT2D eigenvalue weighted by atomic mass is 10.2. The van der Waals surface area contributed by atoms with Gasteiger partial charge < -0.3 is 10.4 Å². The molecule has 0 bridgehead atoms. The van der Waals surface area contributed by atoms with Crippen molar-refractivity contribution in [3.63, 3.8) is 0 Å². The number of amides is 1. The number of carboxylic acids is 1. The lowest BCUT2D eigenvalue weighted by molar-refractivity contribution is -0.113. The first-order chi connectivity index (χ1) is 7.45. The Morgan fingerprint density at radius 1 is 1.31 bits per heavy atom. The monoisotopic (exact) mass is 249 g/mol. The van der Waals surface area contributed by atoms with Gasteiger partial charge in [0, 0.05) is 6.07 Å². The van der Waals surface area contributed by atoms with E-state index in [-0.39, 0.29) is 0 Å². The van der Waals surface area contributed by atoms with Crippen molar-refractivity contribution in [2.75, 3.05) is 11.2 Å². The molecule has 4 nitrogen and oxygen atoms in total. The number of carbonyl (C=O) groups is 2. The number of aromatic carboxylic acids is 1. The Labute approximate surface area is 93.8 Å². The van der Waals surface area contributed by atoms with Gasteiger partial charge in [-0.3, -0.25) is 4.79 Å². The highest BCUT2D eigenvalue weighted by Gasteiger charge is 2.16. The molecule has 1 rings (SSSR count). The van der Waals surface area contributed by atoms with Crippen molar-refractivity contribution in [3.8, 4) is 0 Å². The van der Waals surface area contributed by atoms with Crippen LogP contribution in [0.3, 0.4) is 0 Å². The summed E-state index contributed by atoms with van der Waals surface area (Å²) in [4.78, 5) is 21.4. The van der Waals surface area contributed by atoms with Crippen LogP contribution in [0.5, 0.6) is 0 Å². The van der Waals surface area contributed by atoms with E-state index in [1.54, 1.807) is 0 Å². The van der Waals surface area contributed by atoms with Gasteiger partial charge in [-0.2, -0.15) is 0 Å². The van der Waals surface area contributed by atoms with Gasteiger partial charge in [0.25, 0.3) is 0 Å². The molecule has 1 aromatic rings. The van der Waals surface area contributed by atoms with Crippen LogP contribution in [0.25, 0.3) is 0 Å². The van der Waals surface area contributed by atoms with Crippen molar-refractivity contribution in [2.24, 2.45) is 0 Å². The zero-order chi connectivity index (χ0) is 12.3. The highest BCUT2D eigenvalue weighted by Crippen LogP contribution is 2.19. The van der Waals surface area contributed by atoms with Gasteiger partial charge in [0.1, 0.15) is 17.5 Å². The summed E-state index contributed by atoms with van der Waals surface area (Å²) in [6.45, 7) is 0. The molecule has 1 aromatic carbocycles. The summed E-state index contributed by atoms with van der Waals surface area (Å²) >= 11 is 5.16. The highest BCUT2D eigenvalue weighted by atomic mass is 35.5. The van der Waals surface area contributed by atoms with Crippen molar-refractivity contribution in [2.45, 2.75) is 0 Å². The number of hydrogen-bond acceptors (Lipinski definition) is 2. The van der Waals surface area contributed by atoms with Gasteiger partial charge in [0.05, 0.1) is 11.3 Å². The number of nitrogens with one attached hydrogen (secondary N) is 1. The molecular formula is C9H6ClF2NO3. The van der Waals surface area contributed by atoms with Gasteiger partial charge in [0.15, 0.2) is 0 Å². The standard InChI is InChI=1S/C9H6ClF2NO3/c10-3-8(14)13-7-1-4(9(15)16)5(11)2-6(7)12/h1-2H,3H2,(H,13,14)(H,15,16). The Morgan fingerprint density at radius 2 is 1.94 bits per heavy atom. The van der Waals surface area contributed by atoms with Crippen LogP contribution in [-0.2, 0) is 4.79 Å². The molecule has 0 aliphatic carbocycles. The smallest absolute Gasteiger partial charge is 0.338 e. The van der Waals surface area contributed by atoms with E-state index in [0.717, 1.165) is 0 Å². The summed E-state index contributed by atoms with van der Waals surface area (Å²) in [6.07, 6.45) is 0. The SMILES string of the molecule is O=C(CCl)Nc1cc(C(=O)O)c(F)cc1F. The van der Waals surface area contributed by atoms with E-state index >= 15 is 0 Å². The van der Waals surface area contributed by atoms with Crippen molar-refractivity contribution in [1.29, 1.82) is 0 Å². The van der Waals surface area contributed by atoms with Crippen molar-refractivity contribution in [1.82, 2.24) is 0 Å². The molecule has 0 radical (unpaired) electrons. The fraction of sp³-hybridized carbons (Fsp3) is 0.111. The van der Waals surface area contributed by atoms with Crippen molar-refractivity contribution >= 4 is 29.2 Å². The zero-order valence-corrected chi connectivity index (χ0v) is 8.52. The van der Waals surface area contributed by atoms with Crippen LogP contribution in [0, 0.1) is 11.6 Å². The molecule has 1 amide bonds. The molecule has 0 spiro atoms. The maximum Gasteiger partial charge on any atom is 0.338 e. The third kappa shape index (κ3) is 2.66. The van der Waals surface area contributed by atoms with E-state index in [1.165, 1.54) is 0 Å². The van der Waals surface area contributed by atoms with Gasteiger partial charge in [-0.15, -0.1) is 11.6 Å². The van der Waals surface area contributed by atoms with Crippen LogP contribution in [-0.4, -0.2) is 22.9 Å². The lowest BCUT2D eigenvalue weighted by Gasteiger charge is -2.06. The van der Waals surface area contributed by atoms with E-state index in [4.69, 9.17) is 16.7 Å². The molecule has 2 N–H and O–H groups in total. The maximum atomic E-state index is 13.1. The minimum absolute atomic E-state index is 0.382. The number of hydrogen-bond donors (Lipinski definition) is 2. The Bertz CT molecular complexity index is 451. The molecule has 86 valence electrons. The van der Waals surface area contributed by atoms with Gasteiger partial charge in [-0.25, -0.2) is 13.6 Å². The number of rotatable bonds is 3. The summed E-state index contributed by atoms with van der Waals surface area (Å²) in [5.41, 5.74) is -1.16. The summed E-state index contributed by atoms with van der Waals surface area (Å²) in [6, 6.07) is 1.07. The number of alkyl halides is 1. The summed E-state index contributed by atoms with van der Waals surface area (Å²) in [5.74, 6) is -4.98. The molecule has 0 aromatic heterocycles. The minimum Gasteiger partial charge on any atom is -0.478 e. The molecule has 0 heterocycles. The lowest BCUT2D eigenvalue weighted by Crippen LogP contribution is -2.15. The molecular weight excluding hydrogens is 244 g/mol. The van der Waals surface area contributed by atoms with E-state index in [2.05, 4.69) is 0 Å². The second-order valence-electron chi connectivity index (χ2n) is 2.80. The predicted octanol–water partition coefficient (Wildman–Crippen LogP) is 1.84. The molecule has 0 saturated carbocycles. The van der Waals surface area contributed by atoms with Gasteiger partial charge in [-0.1, -0.05) is 0 Å². The first kappa shape index (κ1) is 12.4. The number of halogens is 3. The van der Waals surface area contributed by atoms with E-state index in [1.807, 2.05) is 5.32 Å². The Hall–Kier alpha value is -1.69. The van der Waals surface area contributed by atoms with Crippen LogP contribution < -0.4 is 5.32 Å². The molecule has 0 atom stereocenters. The Morgan fingerprint density at radius 3 is 2.44 bits per heavy atom. The van der Waals surface area contributed by atoms with Gasteiger partial charge in [0.2, 0.25) is 5.91 Å². The fourth-order valence-corrected chi connectivity index (χ4v) is 1.06. The molecule has 0 aliphatic heterocycles. The molecule has 0 fully saturated rings. The normalized spacial score (nSPS) is 9.94. The van der Waals surface area contributed by atoms with Crippen LogP contribution in [0.2, 0.25) is 0 Å². The van der Waals surface area contributed by atoms with Gasteiger partial charge in [-0.05, 0) is 6.07 Å².